The molecular formula is C8H15N3. The average Bonchev–Trinajstić information content (AvgIpc) is 2.08. The van der Waals surface area contributed by atoms with Crippen molar-refractivity contribution >= 4 is 0 Å². The second-order valence-corrected chi connectivity index (χ2v) is 2.03. The first-order valence-electron chi connectivity index (χ1n) is 3.53. The molecule has 0 amide bonds. The van der Waals surface area contributed by atoms with Gasteiger partial charge in [0.1, 0.15) is 0 Å². The van der Waals surface area contributed by atoms with Crippen molar-refractivity contribution in [3.05, 3.63) is 30.1 Å². The number of pyridine rings is 1. The molecule has 0 aliphatic heterocycles. The predicted molar refractivity (Wildman–Crippen MR) is 47.1 cm³/mol. The molecule has 0 bridgehead atoms. The number of hydrogen-bond acceptors (Lipinski definition) is 3. The maximum absolute atomic E-state index is 5.29. The average molecular weight is 153 g/mol. The summed E-state index contributed by atoms with van der Waals surface area (Å²) in [6, 6.07) is 5.70. The molecule has 0 saturated carbocycles. The highest BCUT2D eigenvalue weighted by atomic mass is 14.7. The molecule has 0 aliphatic rings. The molecule has 1 aromatic heterocycles. The van der Waals surface area contributed by atoms with Crippen molar-refractivity contribution in [1.82, 2.24) is 10.3 Å². The van der Waals surface area contributed by atoms with Crippen molar-refractivity contribution in [1.29, 1.82) is 0 Å². The van der Waals surface area contributed by atoms with Crippen LogP contribution in [0.4, 0.5) is 0 Å². The van der Waals surface area contributed by atoms with Gasteiger partial charge in [0.15, 0.2) is 0 Å². The topological polar surface area (TPSA) is 50.9 Å². The molecule has 3 nitrogen and oxygen atoms in total. The second-order valence-electron chi connectivity index (χ2n) is 2.03. The maximum Gasteiger partial charge on any atom is 0.0539 e. The summed E-state index contributed by atoms with van der Waals surface area (Å²) >= 11 is 0. The largest absolute Gasteiger partial charge is 0.325 e. The zero-order chi connectivity index (χ0) is 8.53. The zero-order valence-electron chi connectivity index (χ0n) is 7.04. The van der Waals surface area contributed by atoms with Gasteiger partial charge in [-0.3, -0.25) is 4.98 Å². The Morgan fingerprint density at radius 1 is 1.45 bits per heavy atom. The van der Waals surface area contributed by atoms with Gasteiger partial charge in [-0.05, 0) is 26.2 Å². The molecule has 3 heteroatoms. The maximum atomic E-state index is 5.29. The molecule has 0 saturated heterocycles. The van der Waals surface area contributed by atoms with Crippen LogP contribution in [0.5, 0.6) is 0 Å². The van der Waals surface area contributed by atoms with Crippen LogP contribution >= 0.6 is 0 Å². The molecular weight excluding hydrogens is 138 g/mol. The van der Waals surface area contributed by atoms with Gasteiger partial charge in [0.05, 0.1) is 5.69 Å². The number of rotatable bonds is 1. The lowest BCUT2D eigenvalue weighted by Crippen LogP contribution is -1.97. The first-order valence-corrected chi connectivity index (χ1v) is 3.53. The minimum Gasteiger partial charge on any atom is -0.325 e. The van der Waals surface area contributed by atoms with Gasteiger partial charge >= 0.3 is 0 Å². The van der Waals surface area contributed by atoms with Gasteiger partial charge in [-0.2, -0.15) is 0 Å². The summed E-state index contributed by atoms with van der Waals surface area (Å²) in [5, 5.41) is 2.75. The van der Waals surface area contributed by atoms with Crippen LogP contribution < -0.4 is 11.1 Å². The number of aromatic nitrogens is 1. The van der Waals surface area contributed by atoms with Crippen LogP contribution in [0.15, 0.2) is 24.4 Å². The summed E-state index contributed by atoms with van der Waals surface area (Å²) in [5.74, 6) is 0. The minimum absolute atomic E-state index is 0.529. The van der Waals surface area contributed by atoms with Gasteiger partial charge in [0.2, 0.25) is 0 Å². The molecule has 62 valence electrons. The third-order valence-electron chi connectivity index (χ3n) is 0.935. The van der Waals surface area contributed by atoms with Crippen molar-refractivity contribution in [2.45, 2.75) is 6.54 Å². The van der Waals surface area contributed by atoms with E-state index in [-0.39, 0.29) is 0 Å². The molecule has 1 aromatic rings. The molecule has 1 rings (SSSR count). The van der Waals surface area contributed by atoms with Crippen LogP contribution in [0.2, 0.25) is 0 Å². The van der Waals surface area contributed by atoms with Crippen LogP contribution in [0.25, 0.3) is 0 Å². The molecule has 0 radical (unpaired) electrons. The lowest BCUT2D eigenvalue weighted by atomic mass is 10.4. The molecule has 1 heterocycles. The zero-order valence-corrected chi connectivity index (χ0v) is 7.04. The summed E-state index contributed by atoms with van der Waals surface area (Å²) < 4.78 is 0. The van der Waals surface area contributed by atoms with Crippen molar-refractivity contribution in [2.75, 3.05) is 14.1 Å². The highest BCUT2D eigenvalue weighted by Gasteiger charge is 1.81. The fourth-order valence-corrected chi connectivity index (χ4v) is 0.519. The van der Waals surface area contributed by atoms with Crippen molar-refractivity contribution in [3.63, 3.8) is 0 Å². The Labute approximate surface area is 67.6 Å². The van der Waals surface area contributed by atoms with Gasteiger partial charge in [-0.15, -0.1) is 0 Å². The summed E-state index contributed by atoms with van der Waals surface area (Å²) in [6.45, 7) is 0.529. The van der Waals surface area contributed by atoms with E-state index in [0.29, 0.717) is 6.54 Å². The first-order chi connectivity index (χ1) is 5.35. The van der Waals surface area contributed by atoms with Gasteiger partial charge in [0.25, 0.3) is 0 Å². The number of hydrogen-bond donors (Lipinski definition) is 2. The standard InChI is InChI=1S/C6H8N2.C2H7N/c7-5-6-3-1-2-4-8-6;1-3-2/h1-4H,5,7H2;3H,1-2H3. The van der Waals surface area contributed by atoms with E-state index >= 15 is 0 Å². The lowest BCUT2D eigenvalue weighted by Gasteiger charge is -1.89. The van der Waals surface area contributed by atoms with Crippen molar-refractivity contribution in [2.24, 2.45) is 5.73 Å². The second kappa shape index (κ2) is 7.18. The van der Waals surface area contributed by atoms with Gasteiger partial charge in [-0.1, -0.05) is 6.07 Å². The van der Waals surface area contributed by atoms with E-state index in [9.17, 15) is 0 Å². The van der Waals surface area contributed by atoms with Crippen LogP contribution in [-0.4, -0.2) is 19.1 Å². The van der Waals surface area contributed by atoms with E-state index in [2.05, 4.69) is 10.3 Å². The molecule has 0 spiro atoms. The molecule has 0 unspecified atom stereocenters. The summed E-state index contributed by atoms with van der Waals surface area (Å²) in [7, 11) is 3.75. The molecule has 0 aromatic carbocycles. The fraction of sp³-hybridized carbons (Fsp3) is 0.375. The molecule has 0 fully saturated rings. The minimum atomic E-state index is 0.529. The predicted octanol–water partition coefficient (Wildman–Crippen LogP) is 0.376. The monoisotopic (exact) mass is 153 g/mol. The number of nitrogens with zero attached hydrogens (tertiary/aromatic N) is 1. The highest BCUT2D eigenvalue weighted by molar-refractivity contribution is 5.02. The molecule has 3 N–H and O–H groups in total. The molecule has 0 atom stereocenters. The quantitative estimate of drug-likeness (QED) is 0.613. The van der Waals surface area contributed by atoms with E-state index in [1.54, 1.807) is 6.20 Å². The van der Waals surface area contributed by atoms with E-state index in [4.69, 9.17) is 5.73 Å². The van der Waals surface area contributed by atoms with Gasteiger partial charge in [-0.25, -0.2) is 0 Å². The SMILES string of the molecule is CNC.NCc1ccccn1. The Morgan fingerprint density at radius 3 is 2.36 bits per heavy atom. The number of nitrogens with one attached hydrogen (secondary N) is 1. The van der Waals surface area contributed by atoms with Crippen LogP contribution in [-0.2, 0) is 6.54 Å². The van der Waals surface area contributed by atoms with E-state index < -0.39 is 0 Å². The van der Waals surface area contributed by atoms with Crippen LogP contribution in [0, 0.1) is 0 Å². The van der Waals surface area contributed by atoms with E-state index in [1.807, 2.05) is 32.3 Å². The Bertz CT molecular complexity index is 162. The first kappa shape index (κ1) is 10.1. The van der Waals surface area contributed by atoms with Gasteiger partial charge < -0.3 is 11.1 Å². The van der Waals surface area contributed by atoms with E-state index in [0.717, 1.165) is 5.69 Å². The Kier molecular flexibility index (Phi) is 6.57. The van der Waals surface area contributed by atoms with Crippen LogP contribution in [0.1, 0.15) is 5.69 Å². The summed E-state index contributed by atoms with van der Waals surface area (Å²) in [6.07, 6.45) is 1.74. The summed E-state index contributed by atoms with van der Waals surface area (Å²) in [4.78, 5) is 3.97. The Hall–Kier alpha value is -0.930. The van der Waals surface area contributed by atoms with E-state index in [1.165, 1.54) is 0 Å². The third kappa shape index (κ3) is 5.51. The fourth-order valence-electron chi connectivity index (χ4n) is 0.519. The normalized spacial score (nSPS) is 8.27. The molecule has 11 heavy (non-hydrogen) atoms. The molecule has 0 aliphatic carbocycles. The van der Waals surface area contributed by atoms with Gasteiger partial charge in [0, 0.05) is 12.7 Å². The smallest absolute Gasteiger partial charge is 0.0539 e. The number of nitrogens with two attached hydrogens (primary N) is 1. The lowest BCUT2D eigenvalue weighted by molar-refractivity contribution is 0.991. The third-order valence-corrected chi connectivity index (χ3v) is 0.935. The Morgan fingerprint density at radius 2 is 2.09 bits per heavy atom. The summed E-state index contributed by atoms with van der Waals surface area (Å²) in [5.41, 5.74) is 6.22. The Balaban J connectivity index is 0.000000292. The highest BCUT2D eigenvalue weighted by Crippen LogP contribution is 1.88. The van der Waals surface area contributed by atoms with Crippen LogP contribution in [0.3, 0.4) is 0 Å². The van der Waals surface area contributed by atoms with Crippen molar-refractivity contribution < 1.29 is 0 Å². The van der Waals surface area contributed by atoms with Crippen molar-refractivity contribution in [3.8, 4) is 0 Å².